The molecule has 0 aromatic heterocycles. The summed E-state index contributed by atoms with van der Waals surface area (Å²) in [6, 6.07) is 11.2. The van der Waals surface area contributed by atoms with E-state index in [1.54, 1.807) is 42.5 Å². The number of carbonyl (C=O) groups is 2. The van der Waals surface area contributed by atoms with Crippen LogP contribution in [0.3, 0.4) is 0 Å². The van der Waals surface area contributed by atoms with Gasteiger partial charge in [0.25, 0.3) is 11.7 Å². The molecule has 162 valence electrons. The first kappa shape index (κ1) is 21.2. The number of hydrogen-bond acceptors (Lipinski definition) is 6. The highest BCUT2D eigenvalue weighted by molar-refractivity contribution is 6.46. The lowest BCUT2D eigenvalue weighted by atomic mass is 9.95. The zero-order valence-corrected chi connectivity index (χ0v) is 18.1. The van der Waals surface area contributed by atoms with Gasteiger partial charge in [-0.3, -0.25) is 9.59 Å². The van der Waals surface area contributed by atoms with Crippen LogP contribution in [0.5, 0.6) is 11.5 Å². The number of rotatable bonds is 6. The molecule has 2 aromatic rings. The average molecular weight is 443 g/mol. The monoisotopic (exact) mass is 442 g/mol. The second kappa shape index (κ2) is 8.61. The molecule has 1 atom stereocenters. The zero-order valence-electron chi connectivity index (χ0n) is 17.3. The van der Waals surface area contributed by atoms with Gasteiger partial charge in [-0.15, -0.1) is 0 Å². The number of halogens is 1. The summed E-state index contributed by atoms with van der Waals surface area (Å²) in [7, 11) is 3.90. The minimum atomic E-state index is -0.708. The number of benzene rings is 2. The molecule has 1 saturated heterocycles. The van der Waals surface area contributed by atoms with Gasteiger partial charge in [-0.1, -0.05) is 23.7 Å². The summed E-state index contributed by atoms with van der Waals surface area (Å²) in [4.78, 5) is 29.5. The fourth-order valence-electron chi connectivity index (χ4n) is 3.86. The first-order chi connectivity index (χ1) is 14.9. The lowest BCUT2D eigenvalue weighted by molar-refractivity contribution is -0.139. The second-order valence-electron chi connectivity index (χ2n) is 7.77. The van der Waals surface area contributed by atoms with Crippen molar-refractivity contribution in [2.75, 3.05) is 34.0 Å². The van der Waals surface area contributed by atoms with Crippen LogP contribution in [0.2, 0.25) is 5.02 Å². The zero-order chi connectivity index (χ0) is 22.1. The molecule has 1 fully saturated rings. The predicted molar refractivity (Wildman–Crippen MR) is 116 cm³/mol. The fourth-order valence-corrected chi connectivity index (χ4v) is 3.98. The number of likely N-dealkylation sites (tertiary alicyclic amines) is 1. The Bertz CT molecular complexity index is 1050. The molecule has 4 rings (SSSR count). The number of fused-ring (bicyclic) bond motifs is 1. The van der Waals surface area contributed by atoms with Crippen LogP contribution in [-0.2, 0) is 9.59 Å². The Morgan fingerprint density at radius 2 is 1.84 bits per heavy atom. The molecule has 1 unspecified atom stereocenters. The number of carbonyl (C=O) groups excluding carboxylic acids is 2. The van der Waals surface area contributed by atoms with E-state index in [0.29, 0.717) is 40.6 Å². The fraction of sp³-hybridized carbons (Fsp3) is 0.304. The first-order valence-corrected chi connectivity index (χ1v) is 10.3. The van der Waals surface area contributed by atoms with Crippen molar-refractivity contribution >= 4 is 29.1 Å². The molecule has 0 bridgehead atoms. The van der Waals surface area contributed by atoms with Crippen LogP contribution in [0.15, 0.2) is 48.0 Å². The molecule has 8 heteroatoms. The Balaban J connectivity index is 1.78. The van der Waals surface area contributed by atoms with Crippen LogP contribution in [0.4, 0.5) is 0 Å². The Hall–Kier alpha value is -3.03. The van der Waals surface area contributed by atoms with Crippen molar-refractivity contribution in [3.63, 3.8) is 0 Å². The van der Waals surface area contributed by atoms with Gasteiger partial charge in [-0.2, -0.15) is 0 Å². The summed E-state index contributed by atoms with van der Waals surface area (Å²) < 4.78 is 10.7. The standard InChI is InChI=1S/C23H23ClN2O5/c1-25(2)10-3-11-26-20(14-4-7-16(24)8-5-14)19(22(28)23(26)29)21(27)15-6-9-17-18(12-15)31-13-30-17/h4-9,12,20,27H,3,10-11,13H2,1-2H3/b21-19-. The second-order valence-corrected chi connectivity index (χ2v) is 8.21. The van der Waals surface area contributed by atoms with Crippen molar-refractivity contribution in [1.29, 1.82) is 0 Å². The molecule has 2 aliphatic heterocycles. The number of amides is 1. The van der Waals surface area contributed by atoms with Gasteiger partial charge in [0.2, 0.25) is 6.79 Å². The minimum Gasteiger partial charge on any atom is -0.507 e. The molecule has 2 aromatic carbocycles. The van der Waals surface area contributed by atoms with E-state index in [0.717, 1.165) is 6.54 Å². The molecule has 1 N–H and O–H groups in total. The smallest absolute Gasteiger partial charge is 0.295 e. The van der Waals surface area contributed by atoms with Gasteiger partial charge < -0.3 is 24.4 Å². The average Bonchev–Trinajstić information content (AvgIpc) is 3.31. The highest BCUT2D eigenvalue weighted by atomic mass is 35.5. The maximum absolute atomic E-state index is 13.0. The first-order valence-electron chi connectivity index (χ1n) is 9.95. The largest absolute Gasteiger partial charge is 0.507 e. The van der Waals surface area contributed by atoms with E-state index >= 15 is 0 Å². The number of ketones is 1. The molecule has 1 amide bonds. The summed E-state index contributed by atoms with van der Waals surface area (Å²) in [5, 5.41) is 11.7. The molecule has 0 spiro atoms. The Morgan fingerprint density at radius 1 is 1.13 bits per heavy atom. The van der Waals surface area contributed by atoms with E-state index in [1.807, 2.05) is 19.0 Å². The van der Waals surface area contributed by atoms with Gasteiger partial charge in [0.15, 0.2) is 11.5 Å². The minimum absolute atomic E-state index is 0.0519. The van der Waals surface area contributed by atoms with Crippen molar-refractivity contribution in [3.05, 3.63) is 64.2 Å². The van der Waals surface area contributed by atoms with Crippen molar-refractivity contribution in [2.45, 2.75) is 12.5 Å². The SMILES string of the molecule is CN(C)CCCN1C(=O)C(=O)/C(=C(\O)c2ccc3c(c2)OCO3)C1c1ccc(Cl)cc1. The summed E-state index contributed by atoms with van der Waals surface area (Å²) in [5.41, 5.74) is 1.14. The number of nitrogens with zero attached hydrogens (tertiary/aromatic N) is 2. The number of hydrogen-bond donors (Lipinski definition) is 1. The van der Waals surface area contributed by atoms with Crippen molar-refractivity contribution in [3.8, 4) is 11.5 Å². The van der Waals surface area contributed by atoms with Crippen LogP contribution < -0.4 is 9.47 Å². The topological polar surface area (TPSA) is 79.3 Å². The third kappa shape index (κ3) is 4.11. The maximum atomic E-state index is 13.0. The van der Waals surface area contributed by atoms with E-state index in [1.165, 1.54) is 4.90 Å². The number of Topliss-reactive ketones (excluding diaryl/α,β-unsaturated/α-hetero) is 1. The van der Waals surface area contributed by atoms with Gasteiger partial charge in [-0.05, 0) is 63.0 Å². The number of aliphatic hydroxyl groups excluding tert-OH is 1. The number of ether oxygens (including phenoxy) is 2. The molecule has 0 saturated carbocycles. The highest BCUT2D eigenvalue weighted by Crippen LogP contribution is 2.41. The summed E-state index contributed by atoms with van der Waals surface area (Å²) >= 11 is 6.04. The lowest BCUT2D eigenvalue weighted by Gasteiger charge is -2.26. The Kier molecular flexibility index (Phi) is 5.89. The Labute approximate surface area is 185 Å². The summed E-state index contributed by atoms with van der Waals surface area (Å²) in [5.74, 6) is -0.532. The normalized spacial score (nSPS) is 19.5. The lowest BCUT2D eigenvalue weighted by Crippen LogP contribution is -2.32. The molecule has 7 nitrogen and oxygen atoms in total. The van der Waals surface area contributed by atoms with E-state index in [-0.39, 0.29) is 18.1 Å². The molecular weight excluding hydrogens is 420 g/mol. The highest BCUT2D eigenvalue weighted by Gasteiger charge is 2.45. The third-order valence-electron chi connectivity index (χ3n) is 5.38. The van der Waals surface area contributed by atoms with Crippen LogP contribution in [0.25, 0.3) is 5.76 Å². The van der Waals surface area contributed by atoms with E-state index in [2.05, 4.69) is 0 Å². The third-order valence-corrected chi connectivity index (χ3v) is 5.63. The van der Waals surface area contributed by atoms with Gasteiger partial charge in [0, 0.05) is 17.1 Å². The van der Waals surface area contributed by atoms with Crippen LogP contribution in [-0.4, -0.2) is 60.6 Å². The number of aliphatic hydroxyl groups is 1. The van der Waals surface area contributed by atoms with Gasteiger partial charge in [0.1, 0.15) is 5.76 Å². The summed E-state index contributed by atoms with van der Waals surface area (Å²) in [6.45, 7) is 1.24. The van der Waals surface area contributed by atoms with Crippen molar-refractivity contribution < 1.29 is 24.2 Å². The van der Waals surface area contributed by atoms with Crippen molar-refractivity contribution in [1.82, 2.24) is 9.80 Å². The van der Waals surface area contributed by atoms with Gasteiger partial charge in [0.05, 0.1) is 11.6 Å². The summed E-state index contributed by atoms with van der Waals surface area (Å²) in [6.07, 6.45) is 0.689. The molecule has 2 heterocycles. The van der Waals surface area contributed by atoms with Crippen molar-refractivity contribution in [2.24, 2.45) is 0 Å². The van der Waals surface area contributed by atoms with E-state index in [9.17, 15) is 14.7 Å². The predicted octanol–water partition coefficient (Wildman–Crippen LogP) is 3.44. The Morgan fingerprint density at radius 3 is 2.55 bits per heavy atom. The molecule has 0 aliphatic carbocycles. The van der Waals surface area contributed by atoms with Gasteiger partial charge in [-0.25, -0.2) is 0 Å². The molecular formula is C23H23ClN2O5. The van der Waals surface area contributed by atoms with Gasteiger partial charge >= 0.3 is 0 Å². The van der Waals surface area contributed by atoms with Crippen LogP contribution in [0.1, 0.15) is 23.6 Å². The maximum Gasteiger partial charge on any atom is 0.295 e. The van der Waals surface area contributed by atoms with E-state index in [4.69, 9.17) is 21.1 Å². The van der Waals surface area contributed by atoms with Crippen LogP contribution >= 0.6 is 11.6 Å². The molecule has 31 heavy (non-hydrogen) atoms. The molecule has 2 aliphatic rings. The molecule has 0 radical (unpaired) electrons. The quantitative estimate of drug-likeness (QED) is 0.419. The van der Waals surface area contributed by atoms with E-state index < -0.39 is 17.7 Å². The van der Waals surface area contributed by atoms with Crippen LogP contribution in [0, 0.1) is 0 Å².